The molecule has 1 aliphatic heterocycles. The van der Waals surface area contributed by atoms with E-state index in [1.54, 1.807) is 0 Å². The number of carbonyl (C=O) groups is 2. The molecule has 0 radical (unpaired) electrons. The third kappa shape index (κ3) is 2.20. The van der Waals surface area contributed by atoms with Crippen molar-refractivity contribution in [2.45, 2.75) is 6.04 Å². The quantitative estimate of drug-likeness (QED) is 0.659. The first-order chi connectivity index (χ1) is 8.12. The van der Waals surface area contributed by atoms with E-state index in [9.17, 15) is 9.59 Å². The van der Waals surface area contributed by atoms with Gasteiger partial charge in [-0.05, 0) is 0 Å². The highest BCUT2D eigenvalue weighted by Crippen LogP contribution is 2.24. The van der Waals surface area contributed by atoms with Gasteiger partial charge in [-0.2, -0.15) is 0 Å². The Morgan fingerprint density at radius 2 is 1.76 bits per heavy atom. The molecule has 0 bridgehead atoms. The predicted molar refractivity (Wildman–Crippen MR) is 64.0 cm³/mol. The lowest BCUT2D eigenvalue weighted by molar-refractivity contribution is -0.141. The molecule has 17 heavy (non-hydrogen) atoms. The predicted octanol–water partition coefficient (Wildman–Crippen LogP) is -0.00250. The molecule has 0 aliphatic carbocycles. The van der Waals surface area contributed by atoms with Crippen LogP contribution in [-0.4, -0.2) is 43.0 Å². The molecule has 0 aromatic carbocycles. The number of nitrogens with two attached hydrogens (primary N) is 1. The zero-order valence-corrected chi connectivity index (χ0v) is 9.81. The Kier molecular flexibility index (Phi) is 4.37. The van der Waals surface area contributed by atoms with Gasteiger partial charge in [0.05, 0.1) is 23.8 Å². The Labute approximate surface area is 100 Å². The fourth-order valence-corrected chi connectivity index (χ4v) is 1.75. The molecule has 1 heterocycles. The summed E-state index contributed by atoms with van der Waals surface area (Å²) in [6.45, 7) is 7.41. The molecule has 1 unspecified atom stereocenters. The van der Waals surface area contributed by atoms with Gasteiger partial charge in [0.2, 0.25) is 0 Å². The first kappa shape index (κ1) is 13.3. The van der Waals surface area contributed by atoms with Crippen LogP contribution < -0.4 is 5.73 Å². The van der Waals surface area contributed by atoms with Crippen LogP contribution in [0, 0.1) is 0 Å². The van der Waals surface area contributed by atoms with E-state index < -0.39 is 17.9 Å². The van der Waals surface area contributed by atoms with E-state index >= 15 is 0 Å². The highest BCUT2D eigenvalue weighted by Gasteiger charge is 2.39. The zero-order valence-electron chi connectivity index (χ0n) is 9.81. The van der Waals surface area contributed by atoms with E-state index in [0.717, 1.165) is 4.90 Å². The van der Waals surface area contributed by atoms with Crippen molar-refractivity contribution in [1.82, 2.24) is 4.90 Å². The van der Waals surface area contributed by atoms with Gasteiger partial charge in [0.1, 0.15) is 0 Å². The molecule has 0 aromatic rings. The van der Waals surface area contributed by atoms with Crippen LogP contribution in [0.4, 0.5) is 0 Å². The topological polar surface area (TPSA) is 72.6 Å². The molecule has 5 nitrogen and oxygen atoms in total. The summed E-state index contributed by atoms with van der Waals surface area (Å²) in [5.41, 5.74) is 6.07. The van der Waals surface area contributed by atoms with Gasteiger partial charge in [0.25, 0.3) is 11.8 Å². The molecule has 0 saturated heterocycles. The van der Waals surface area contributed by atoms with E-state index in [0.29, 0.717) is 0 Å². The minimum atomic E-state index is -0.465. The number of hydrogen-bond donors (Lipinski definition) is 1. The molecule has 0 aromatic heterocycles. The summed E-state index contributed by atoms with van der Waals surface area (Å²) in [6.07, 6.45) is 2.72. The van der Waals surface area contributed by atoms with Crippen LogP contribution in [0.3, 0.4) is 0 Å². The van der Waals surface area contributed by atoms with Crippen molar-refractivity contribution in [3.63, 3.8) is 0 Å². The summed E-state index contributed by atoms with van der Waals surface area (Å²) in [7, 11) is 1.49. The van der Waals surface area contributed by atoms with Crippen molar-refractivity contribution in [2.24, 2.45) is 5.73 Å². The molecule has 2 amide bonds. The van der Waals surface area contributed by atoms with E-state index in [-0.39, 0.29) is 24.3 Å². The molecule has 1 aliphatic rings. The second kappa shape index (κ2) is 5.56. The Balaban J connectivity index is 3.08. The van der Waals surface area contributed by atoms with Crippen LogP contribution in [0.5, 0.6) is 0 Å². The Hall–Kier alpha value is -1.72. The molecule has 2 N–H and O–H groups in total. The number of ether oxygens (including phenoxy) is 1. The van der Waals surface area contributed by atoms with Crippen LogP contribution in [0.1, 0.15) is 0 Å². The van der Waals surface area contributed by atoms with Gasteiger partial charge in [0.15, 0.2) is 0 Å². The molecule has 0 saturated carbocycles. The highest BCUT2D eigenvalue weighted by molar-refractivity contribution is 6.22. The molecule has 1 rings (SSSR count). The SMILES string of the molecule is C=CC1=C(C=C)C(=O)N(C(CN)COC)C1=O. The molecule has 5 heteroatoms. The monoisotopic (exact) mass is 236 g/mol. The Morgan fingerprint density at radius 3 is 2.06 bits per heavy atom. The maximum Gasteiger partial charge on any atom is 0.261 e. The second-order valence-corrected chi connectivity index (χ2v) is 3.56. The zero-order chi connectivity index (χ0) is 13.0. The van der Waals surface area contributed by atoms with Gasteiger partial charge in [-0.1, -0.05) is 25.3 Å². The summed E-state index contributed by atoms with van der Waals surface area (Å²) in [5.74, 6) is -0.792. The van der Waals surface area contributed by atoms with Crippen LogP contribution in [-0.2, 0) is 14.3 Å². The largest absolute Gasteiger partial charge is 0.382 e. The lowest BCUT2D eigenvalue weighted by atomic mass is 10.1. The summed E-state index contributed by atoms with van der Waals surface area (Å²) < 4.78 is 4.95. The number of nitrogens with zero attached hydrogens (tertiary/aromatic N) is 1. The molecule has 92 valence electrons. The number of amides is 2. The summed E-state index contributed by atoms with van der Waals surface area (Å²) >= 11 is 0. The molecule has 1 atom stereocenters. The third-order valence-corrected chi connectivity index (χ3v) is 2.59. The molecule has 0 spiro atoms. The van der Waals surface area contributed by atoms with Crippen LogP contribution in [0.15, 0.2) is 36.5 Å². The van der Waals surface area contributed by atoms with Crippen molar-refractivity contribution in [3.8, 4) is 0 Å². The van der Waals surface area contributed by atoms with E-state index in [1.165, 1.54) is 19.3 Å². The Morgan fingerprint density at radius 1 is 1.29 bits per heavy atom. The van der Waals surface area contributed by atoms with Gasteiger partial charge >= 0.3 is 0 Å². The van der Waals surface area contributed by atoms with Crippen molar-refractivity contribution in [1.29, 1.82) is 0 Å². The number of rotatable bonds is 6. The van der Waals surface area contributed by atoms with Gasteiger partial charge < -0.3 is 10.5 Å². The maximum atomic E-state index is 12.0. The number of methoxy groups -OCH3 is 1. The summed E-state index contributed by atoms with van der Waals surface area (Å²) in [4.78, 5) is 25.1. The summed E-state index contributed by atoms with van der Waals surface area (Å²) in [5, 5.41) is 0. The molecule has 0 fully saturated rings. The normalized spacial score (nSPS) is 17.6. The fraction of sp³-hybridized carbons (Fsp3) is 0.333. The van der Waals surface area contributed by atoms with Gasteiger partial charge in [0, 0.05) is 13.7 Å². The smallest absolute Gasteiger partial charge is 0.261 e. The second-order valence-electron chi connectivity index (χ2n) is 3.56. The van der Waals surface area contributed by atoms with Gasteiger partial charge in [-0.3, -0.25) is 14.5 Å². The minimum absolute atomic E-state index is 0.153. The van der Waals surface area contributed by atoms with Crippen LogP contribution in [0.25, 0.3) is 0 Å². The van der Waals surface area contributed by atoms with Crippen molar-refractivity contribution < 1.29 is 14.3 Å². The Bertz CT molecular complexity index is 369. The number of carbonyl (C=O) groups excluding carboxylic acids is 2. The van der Waals surface area contributed by atoms with Crippen LogP contribution in [0.2, 0.25) is 0 Å². The average Bonchev–Trinajstić information content (AvgIpc) is 2.57. The van der Waals surface area contributed by atoms with Gasteiger partial charge in [-0.25, -0.2) is 0 Å². The standard InChI is InChI=1S/C12H16N2O3/c1-4-9-10(5-2)12(16)14(11(9)15)8(6-13)7-17-3/h4-5,8H,1-2,6-7,13H2,3H3. The van der Waals surface area contributed by atoms with Crippen LogP contribution >= 0.6 is 0 Å². The van der Waals surface area contributed by atoms with E-state index in [4.69, 9.17) is 10.5 Å². The van der Waals surface area contributed by atoms with E-state index in [2.05, 4.69) is 13.2 Å². The lowest BCUT2D eigenvalue weighted by Gasteiger charge is -2.24. The maximum absolute atomic E-state index is 12.0. The highest BCUT2D eigenvalue weighted by atomic mass is 16.5. The summed E-state index contributed by atoms with van der Waals surface area (Å²) in [6, 6.07) is -0.465. The molecular formula is C12H16N2O3. The average molecular weight is 236 g/mol. The van der Waals surface area contributed by atoms with Crippen molar-refractivity contribution in [3.05, 3.63) is 36.5 Å². The first-order valence-corrected chi connectivity index (χ1v) is 5.18. The number of imide groups is 1. The third-order valence-electron chi connectivity index (χ3n) is 2.59. The number of hydrogen-bond acceptors (Lipinski definition) is 4. The van der Waals surface area contributed by atoms with E-state index in [1.807, 2.05) is 0 Å². The van der Waals surface area contributed by atoms with Gasteiger partial charge in [-0.15, -0.1) is 0 Å². The lowest BCUT2D eigenvalue weighted by Crippen LogP contribution is -2.47. The van der Waals surface area contributed by atoms with Crippen molar-refractivity contribution >= 4 is 11.8 Å². The molecular weight excluding hydrogens is 220 g/mol. The fourth-order valence-electron chi connectivity index (χ4n) is 1.75. The first-order valence-electron chi connectivity index (χ1n) is 5.18. The van der Waals surface area contributed by atoms with Crippen molar-refractivity contribution in [2.75, 3.05) is 20.3 Å². The minimum Gasteiger partial charge on any atom is -0.382 e.